The van der Waals surface area contributed by atoms with E-state index in [1.165, 1.54) is 44.8 Å². The van der Waals surface area contributed by atoms with Gasteiger partial charge in [0.2, 0.25) is 0 Å². The Hall–Kier alpha value is 0.0949. The van der Waals surface area contributed by atoms with Crippen molar-refractivity contribution in [1.29, 1.82) is 0 Å². The highest BCUT2D eigenvalue weighted by molar-refractivity contribution is 6.63. The van der Waals surface area contributed by atoms with E-state index >= 15 is 0 Å². The number of hydrogen-bond acceptors (Lipinski definition) is 0. The Balaban J connectivity index is 1.98. The van der Waals surface area contributed by atoms with E-state index in [1.807, 2.05) is 0 Å². The normalized spacial score (nSPS) is 34.1. The molecule has 0 aromatic rings. The first-order chi connectivity index (χ1) is 6.42. The molecule has 2 bridgehead atoms. The molecular formula is C11H18BCl. The molecule has 0 spiro atoms. The Bertz CT molecular complexity index is 169. The second-order valence-electron chi connectivity index (χ2n) is 4.64. The maximum Gasteiger partial charge on any atom is 0.150 e. The lowest BCUT2D eigenvalue weighted by Gasteiger charge is -2.40. The topological polar surface area (TPSA) is 0 Å². The summed E-state index contributed by atoms with van der Waals surface area (Å²) >= 11 is 5.60. The van der Waals surface area contributed by atoms with Gasteiger partial charge in [0, 0.05) is 0 Å². The van der Waals surface area contributed by atoms with Crippen LogP contribution in [0.1, 0.15) is 38.5 Å². The Morgan fingerprint density at radius 2 is 1.62 bits per heavy atom. The van der Waals surface area contributed by atoms with E-state index in [4.69, 9.17) is 11.6 Å². The van der Waals surface area contributed by atoms with Gasteiger partial charge in [-0.2, -0.15) is 0 Å². The van der Waals surface area contributed by atoms with Crippen molar-refractivity contribution in [2.75, 3.05) is 0 Å². The van der Waals surface area contributed by atoms with Crippen molar-refractivity contribution < 1.29 is 0 Å². The van der Waals surface area contributed by atoms with Crippen molar-refractivity contribution in [3.63, 3.8) is 0 Å². The van der Waals surface area contributed by atoms with Gasteiger partial charge in [-0.25, -0.2) is 0 Å². The molecule has 0 aliphatic carbocycles. The zero-order chi connectivity index (χ0) is 9.10. The zero-order valence-corrected chi connectivity index (χ0v) is 8.97. The van der Waals surface area contributed by atoms with Gasteiger partial charge in [-0.1, -0.05) is 74.2 Å². The van der Waals surface area contributed by atoms with Crippen molar-refractivity contribution in [3.05, 3.63) is 11.6 Å². The number of fused-ring (bicyclic) bond motifs is 2. The summed E-state index contributed by atoms with van der Waals surface area (Å²) in [6.45, 7) is 0.970. The fourth-order valence-electron chi connectivity index (χ4n) is 3.41. The lowest BCUT2D eigenvalue weighted by atomic mass is 9.26. The van der Waals surface area contributed by atoms with Crippen LogP contribution in [-0.4, -0.2) is 6.71 Å². The van der Waals surface area contributed by atoms with Crippen LogP contribution < -0.4 is 0 Å². The molecule has 0 N–H and O–H groups in total. The standard InChI is InChI=1S/C11H18BCl/c13-9-3-8-12-10-4-1-5-11(12)7-2-6-10/h3,9-11H,1-2,4-8H2/b9-3-. The van der Waals surface area contributed by atoms with Crippen molar-refractivity contribution >= 4 is 18.3 Å². The lowest BCUT2D eigenvalue weighted by Crippen LogP contribution is -2.33. The summed E-state index contributed by atoms with van der Waals surface area (Å²) in [4.78, 5) is 0. The molecule has 2 heterocycles. The minimum Gasteiger partial charge on any atom is -0.0933 e. The molecule has 0 saturated carbocycles. The Labute approximate surface area is 86.8 Å². The molecule has 0 nitrogen and oxygen atoms in total. The van der Waals surface area contributed by atoms with Crippen LogP contribution in [0.25, 0.3) is 0 Å². The summed E-state index contributed by atoms with van der Waals surface area (Å²) in [5, 5.41) is 0. The molecule has 0 radical (unpaired) electrons. The van der Waals surface area contributed by atoms with Crippen LogP contribution in [0.4, 0.5) is 0 Å². The quantitative estimate of drug-likeness (QED) is 0.576. The minimum absolute atomic E-state index is 0.970. The van der Waals surface area contributed by atoms with Crippen molar-refractivity contribution in [2.45, 2.75) is 56.5 Å². The Morgan fingerprint density at radius 1 is 1.08 bits per heavy atom. The van der Waals surface area contributed by atoms with Gasteiger partial charge in [-0.15, -0.1) is 0 Å². The van der Waals surface area contributed by atoms with Crippen LogP contribution in [0, 0.1) is 0 Å². The highest BCUT2D eigenvalue weighted by Crippen LogP contribution is 2.47. The third-order valence-electron chi connectivity index (χ3n) is 4.01. The second-order valence-corrected chi connectivity index (χ2v) is 4.90. The van der Waals surface area contributed by atoms with E-state index in [1.54, 1.807) is 5.54 Å². The molecular weight excluding hydrogens is 178 g/mol. The summed E-state index contributed by atoms with van der Waals surface area (Å²) in [6, 6.07) is 0. The van der Waals surface area contributed by atoms with Crippen LogP contribution >= 0.6 is 11.6 Å². The molecule has 2 rings (SSSR count). The first-order valence-corrected chi connectivity index (χ1v) is 6.10. The summed E-state index contributed by atoms with van der Waals surface area (Å²) in [6.07, 6.45) is 12.3. The molecule has 2 aliphatic rings. The van der Waals surface area contributed by atoms with Crippen molar-refractivity contribution in [1.82, 2.24) is 0 Å². The molecule has 0 unspecified atom stereocenters. The summed E-state index contributed by atoms with van der Waals surface area (Å²) in [5.74, 6) is 2.06. The Kier molecular flexibility index (Phi) is 3.37. The predicted molar refractivity (Wildman–Crippen MR) is 60.8 cm³/mol. The summed E-state index contributed by atoms with van der Waals surface area (Å²) in [5.41, 5.74) is 1.70. The molecule has 2 fully saturated rings. The van der Waals surface area contributed by atoms with Crippen LogP contribution in [-0.2, 0) is 0 Å². The Morgan fingerprint density at radius 3 is 2.08 bits per heavy atom. The van der Waals surface area contributed by atoms with Gasteiger partial charge in [0.1, 0.15) is 6.71 Å². The molecule has 72 valence electrons. The van der Waals surface area contributed by atoms with Gasteiger partial charge in [-0.3, -0.25) is 0 Å². The fourth-order valence-corrected chi connectivity index (χ4v) is 3.51. The molecule has 2 saturated heterocycles. The maximum absolute atomic E-state index is 5.60. The first-order valence-electron chi connectivity index (χ1n) is 5.67. The number of allylic oxidation sites excluding steroid dienone is 1. The first kappa shape index (κ1) is 9.64. The van der Waals surface area contributed by atoms with E-state index in [0.717, 1.165) is 18.3 Å². The van der Waals surface area contributed by atoms with E-state index in [2.05, 4.69) is 6.08 Å². The largest absolute Gasteiger partial charge is 0.150 e. The smallest absolute Gasteiger partial charge is 0.0933 e. The van der Waals surface area contributed by atoms with Crippen molar-refractivity contribution in [3.8, 4) is 0 Å². The molecule has 0 aromatic carbocycles. The molecule has 2 heteroatoms. The molecule has 0 atom stereocenters. The molecule has 0 amide bonds. The number of rotatable bonds is 2. The number of hydrogen-bond donors (Lipinski definition) is 0. The van der Waals surface area contributed by atoms with E-state index in [9.17, 15) is 0 Å². The average molecular weight is 197 g/mol. The predicted octanol–water partition coefficient (Wildman–Crippen LogP) is 4.34. The zero-order valence-electron chi connectivity index (χ0n) is 8.21. The maximum atomic E-state index is 5.60. The average Bonchev–Trinajstić information content (AvgIpc) is 2.14. The van der Waals surface area contributed by atoms with E-state index in [0.29, 0.717) is 0 Å². The van der Waals surface area contributed by atoms with Crippen LogP contribution in [0.15, 0.2) is 11.6 Å². The van der Waals surface area contributed by atoms with Gasteiger partial charge in [0.25, 0.3) is 0 Å². The summed E-state index contributed by atoms with van der Waals surface area (Å²) < 4.78 is 0. The lowest BCUT2D eigenvalue weighted by molar-refractivity contribution is 0.443. The third kappa shape index (κ3) is 2.12. The highest BCUT2D eigenvalue weighted by atomic mass is 35.5. The monoisotopic (exact) mass is 196 g/mol. The van der Waals surface area contributed by atoms with Gasteiger partial charge >= 0.3 is 0 Å². The molecule has 0 aromatic heterocycles. The van der Waals surface area contributed by atoms with Crippen LogP contribution in [0.2, 0.25) is 18.0 Å². The fraction of sp³-hybridized carbons (Fsp3) is 0.818. The number of halogens is 1. The van der Waals surface area contributed by atoms with Crippen LogP contribution in [0.5, 0.6) is 0 Å². The van der Waals surface area contributed by atoms with Gasteiger partial charge in [0.15, 0.2) is 0 Å². The molecule has 13 heavy (non-hydrogen) atoms. The summed E-state index contributed by atoms with van der Waals surface area (Å²) in [7, 11) is 0. The second kappa shape index (κ2) is 4.55. The van der Waals surface area contributed by atoms with E-state index < -0.39 is 0 Å². The van der Waals surface area contributed by atoms with Gasteiger partial charge < -0.3 is 0 Å². The van der Waals surface area contributed by atoms with E-state index in [-0.39, 0.29) is 0 Å². The van der Waals surface area contributed by atoms with Gasteiger partial charge in [0.05, 0.1) is 0 Å². The SMILES string of the molecule is Cl/C=C\CB1C2CCCC1CCC2. The third-order valence-corrected chi connectivity index (χ3v) is 4.19. The minimum atomic E-state index is 0.970. The van der Waals surface area contributed by atoms with Crippen LogP contribution in [0.3, 0.4) is 0 Å². The van der Waals surface area contributed by atoms with Gasteiger partial charge in [-0.05, 0) is 5.54 Å². The molecule has 2 aliphatic heterocycles. The van der Waals surface area contributed by atoms with Crippen molar-refractivity contribution in [2.24, 2.45) is 0 Å². The highest BCUT2D eigenvalue weighted by Gasteiger charge is 2.37.